The summed E-state index contributed by atoms with van der Waals surface area (Å²) in [6, 6.07) is 5.32. The number of benzene rings is 1. The minimum Gasteiger partial charge on any atom is -0.465 e. The Labute approximate surface area is 173 Å². The van der Waals surface area contributed by atoms with Crippen molar-refractivity contribution in [3.63, 3.8) is 0 Å². The maximum absolute atomic E-state index is 12.8. The normalized spacial score (nSPS) is 15.8. The zero-order chi connectivity index (χ0) is 22.3. The Bertz CT molecular complexity index is 815. The van der Waals surface area contributed by atoms with Gasteiger partial charge in [0, 0.05) is 31.3 Å². The Hall–Kier alpha value is -2.55. The first kappa shape index (κ1) is 23.7. The van der Waals surface area contributed by atoms with Crippen molar-refractivity contribution in [2.75, 3.05) is 13.6 Å². The van der Waals surface area contributed by atoms with E-state index < -0.39 is 23.9 Å². The van der Waals surface area contributed by atoms with Gasteiger partial charge in [-0.3, -0.25) is 0 Å². The number of halogens is 3. The molecule has 1 atom stereocenters. The molecule has 1 aliphatic carbocycles. The lowest BCUT2D eigenvalue weighted by molar-refractivity contribution is -0.137. The van der Waals surface area contributed by atoms with Crippen molar-refractivity contribution < 1.29 is 28.2 Å². The van der Waals surface area contributed by atoms with Crippen molar-refractivity contribution in [1.29, 1.82) is 0 Å². The van der Waals surface area contributed by atoms with Crippen LogP contribution < -0.4 is 0 Å². The van der Waals surface area contributed by atoms with E-state index in [1.807, 2.05) is 0 Å². The number of aromatic amines is 1. The average Bonchev–Trinajstić information content (AvgIpc) is 3.18. The van der Waals surface area contributed by atoms with Crippen molar-refractivity contribution in [1.82, 2.24) is 14.9 Å². The van der Waals surface area contributed by atoms with Crippen LogP contribution in [0.15, 0.2) is 30.5 Å². The number of H-pyrrole nitrogens is 1. The van der Waals surface area contributed by atoms with E-state index in [9.17, 15) is 18.0 Å². The number of nitrogens with one attached hydrogen (secondary N) is 1. The molecule has 1 heterocycles. The van der Waals surface area contributed by atoms with Crippen LogP contribution in [0.25, 0.3) is 11.3 Å². The molecule has 2 aromatic rings. The third kappa shape index (κ3) is 7.05. The zero-order valence-corrected chi connectivity index (χ0v) is 17.1. The first-order chi connectivity index (χ1) is 14.1. The molecule has 1 unspecified atom stereocenters. The van der Waals surface area contributed by atoms with Gasteiger partial charge in [0.1, 0.15) is 5.82 Å². The molecule has 3 rings (SSSR count). The number of hydrogen-bond acceptors (Lipinski definition) is 3. The van der Waals surface area contributed by atoms with E-state index in [0.29, 0.717) is 17.2 Å². The van der Waals surface area contributed by atoms with Gasteiger partial charge in [0.2, 0.25) is 0 Å². The van der Waals surface area contributed by atoms with Crippen molar-refractivity contribution in [3.8, 4) is 11.3 Å². The predicted octanol–water partition coefficient (Wildman–Crippen LogP) is 5.12. The Kier molecular flexibility index (Phi) is 8.28. The second-order valence-corrected chi connectivity index (χ2v) is 7.60. The highest BCUT2D eigenvalue weighted by Gasteiger charge is 2.30. The molecular formula is C21H28F3N3O3. The molecular weight excluding hydrogens is 399 g/mol. The van der Waals surface area contributed by atoms with Gasteiger partial charge in [-0.25, -0.2) is 9.78 Å². The van der Waals surface area contributed by atoms with Crippen LogP contribution in [0.2, 0.25) is 0 Å². The van der Waals surface area contributed by atoms with Crippen LogP contribution in [-0.2, 0) is 6.18 Å². The second-order valence-electron chi connectivity index (χ2n) is 7.60. The topological polar surface area (TPSA) is 89.5 Å². The number of carboxylic acid groups (broad SMARTS) is 1. The number of aliphatic hydroxyl groups is 1. The summed E-state index contributed by atoms with van der Waals surface area (Å²) < 4.78 is 38.3. The fourth-order valence-corrected chi connectivity index (χ4v) is 3.40. The molecule has 1 fully saturated rings. The van der Waals surface area contributed by atoms with Crippen LogP contribution in [0, 0.1) is 0 Å². The Morgan fingerprint density at radius 1 is 1.30 bits per heavy atom. The summed E-state index contributed by atoms with van der Waals surface area (Å²) in [5, 5.41) is 16.9. The lowest BCUT2D eigenvalue weighted by Gasteiger charge is -2.19. The lowest BCUT2D eigenvalue weighted by Crippen LogP contribution is -2.31. The largest absolute Gasteiger partial charge is 0.465 e. The van der Waals surface area contributed by atoms with E-state index in [0.717, 1.165) is 35.7 Å². The number of likely N-dealkylation sites (N-methyl/N-ethyl adjacent to an activating group) is 1. The number of rotatable bonds is 4. The van der Waals surface area contributed by atoms with Gasteiger partial charge in [0.25, 0.3) is 0 Å². The maximum atomic E-state index is 12.8. The molecule has 0 spiro atoms. The molecule has 166 valence electrons. The molecule has 9 heteroatoms. The second kappa shape index (κ2) is 10.5. The van der Waals surface area contributed by atoms with E-state index in [1.54, 1.807) is 19.2 Å². The van der Waals surface area contributed by atoms with Gasteiger partial charge >= 0.3 is 12.3 Å². The number of amides is 1. The van der Waals surface area contributed by atoms with Gasteiger partial charge in [0.15, 0.2) is 0 Å². The predicted molar refractivity (Wildman–Crippen MR) is 107 cm³/mol. The number of aliphatic hydroxyl groups excluding tert-OH is 1. The van der Waals surface area contributed by atoms with Crippen LogP contribution in [0.3, 0.4) is 0 Å². The molecule has 0 saturated heterocycles. The summed E-state index contributed by atoms with van der Waals surface area (Å²) in [6.45, 7) is 1.70. The van der Waals surface area contributed by atoms with Gasteiger partial charge in [-0.1, -0.05) is 31.4 Å². The number of aromatic nitrogens is 2. The summed E-state index contributed by atoms with van der Waals surface area (Å²) >= 11 is 0. The minimum absolute atomic E-state index is 0.162. The first-order valence-corrected chi connectivity index (χ1v) is 9.93. The Balaban J connectivity index is 0.000000303. The summed E-state index contributed by atoms with van der Waals surface area (Å²) in [5.74, 6) is 1.32. The zero-order valence-electron chi connectivity index (χ0n) is 17.1. The standard InChI is InChI=1S/C16H17F3N2.C5H11NO3/c17-16(18,19)13-8-4-7-12(9-13)14-10-20-15(21-14)11-5-2-1-3-6-11;1-4(7)3-6(2)5(8)9/h4,7-11H,1-3,5-6H2,(H,20,21);4,7H,3H2,1-2H3,(H,8,9). The quantitative estimate of drug-likeness (QED) is 0.632. The highest BCUT2D eigenvalue weighted by atomic mass is 19.4. The Morgan fingerprint density at radius 3 is 2.50 bits per heavy atom. The lowest BCUT2D eigenvalue weighted by atomic mass is 9.89. The maximum Gasteiger partial charge on any atom is 0.416 e. The van der Waals surface area contributed by atoms with E-state index >= 15 is 0 Å². The van der Waals surface area contributed by atoms with Crippen LogP contribution in [0.1, 0.15) is 56.3 Å². The van der Waals surface area contributed by atoms with Crippen LogP contribution in [-0.4, -0.2) is 50.9 Å². The molecule has 30 heavy (non-hydrogen) atoms. The molecule has 6 nitrogen and oxygen atoms in total. The van der Waals surface area contributed by atoms with Crippen LogP contribution in [0.4, 0.5) is 18.0 Å². The molecule has 0 aliphatic heterocycles. The summed E-state index contributed by atoms with van der Waals surface area (Å²) in [6.07, 6.45) is 1.65. The van der Waals surface area contributed by atoms with Crippen molar-refractivity contribution in [3.05, 3.63) is 41.9 Å². The van der Waals surface area contributed by atoms with Gasteiger partial charge in [-0.15, -0.1) is 0 Å². The summed E-state index contributed by atoms with van der Waals surface area (Å²) in [4.78, 5) is 18.7. The van der Waals surface area contributed by atoms with E-state index in [4.69, 9.17) is 10.2 Å². The molecule has 1 saturated carbocycles. The summed E-state index contributed by atoms with van der Waals surface area (Å²) in [5.41, 5.74) is 0.451. The van der Waals surface area contributed by atoms with Crippen molar-refractivity contribution >= 4 is 6.09 Å². The van der Waals surface area contributed by atoms with E-state index in [1.165, 1.54) is 32.4 Å². The number of hydrogen-bond donors (Lipinski definition) is 3. The van der Waals surface area contributed by atoms with Crippen molar-refractivity contribution in [2.24, 2.45) is 0 Å². The number of alkyl halides is 3. The van der Waals surface area contributed by atoms with Gasteiger partial charge in [-0.05, 0) is 31.9 Å². The average molecular weight is 427 g/mol. The molecule has 0 radical (unpaired) electrons. The van der Waals surface area contributed by atoms with Gasteiger partial charge in [-0.2, -0.15) is 13.2 Å². The first-order valence-electron chi connectivity index (χ1n) is 9.93. The van der Waals surface area contributed by atoms with Gasteiger partial charge in [0.05, 0.1) is 17.4 Å². The van der Waals surface area contributed by atoms with Crippen LogP contribution in [0.5, 0.6) is 0 Å². The van der Waals surface area contributed by atoms with Crippen LogP contribution >= 0.6 is 0 Å². The fourth-order valence-electron chi connectivity index (χ4n) is 3.40. The number of carbonyl (C=O) groups is 1. The van der Waals surface area contributed by atoms with Crippen molar-refractivity contribution in [2.45, 2.75) is 57.2 Å². The highest BCUT2D eigenvalue weighted by molar-refractivity contribution is 5.64. The minimum atomic E-state index is -4.32. The molecule has 0 bridgehead atoms. The Morgan fingerprint density at radius 2 is 1.97 bits per heavy atom. The van der Waals surface area contributed by atoms with Gasteiger partial charge < -0.3 is 20.1 Å². The molecule has 1 aromatic heterocycles. The molecule has 1 amide bonds. The molecule has 1 aromatic carbocycles. The van der Waals surface area contributed by atoms with E-state index in [2.05, 4.69) is 9.97 Å². The number of nitrogens with zero attached hydrogens (tertiary/aromatic N) is 2. The number of imidazole rings is 1. The van der Waals surface area contributed by atoms with E-state index in [-0.39, 0.29) is 6.54 Å². The SMILES string of the molecule is CC(O)CN(C)C(=O)O.FC(F)(F)c1cccc(-c2c[nH]c(C3CCCCC3)n2)c1. The summed E-state index contributed by atoms with van der Waals surface area (Å²) in [7, 11) is 1.41. The third-order valence-electron chi connectivity index (χ3n) is 4.94. The fraction of sp³-hybridized carbons (Fsp3) is 0.524. The smallest absolute Gasteiger partial charge is 0.416 e. The highest BCUT2D eigenvalue weighted by Crippen LogP contribution is 2.34. The molecule has 3 N–H and O–H groups in total. The monoisotopic (exact) mass is 427 g/mol. The third-order valence-corrected chi connectivity index (χ3v) is 4.94. The molecule has 1 aliphatic rings.